The Morgan fingerprint density at radius 3 is 2.39 bits per heavy atom. The fraction of sp³-hybridized carbons (Fsp3) is 0.500. The number of H-pyrrole nitrogens is 2. The summed E-state index contributed by atoms with van der Waals surface area (Å²) in [4.78, 5) is 43.3. The minimum absolute atomic E-state index is 0.0561. The lowest BCUT2D eigenvalue weighted by Crippen LogP contribution is -2.44. The average Bonchev–Trinajstić information content (AvgIpc) is 2.51. The molecule has 23 heavy (non-hydrogen) atoms. The van der Waals surface area contributed by atoms with E-state index in [0.29, 0.717) is 0 Å². The lowest BCUT2D eigenvalue weighted by molar-refractivity contribution is -0.0805. The van der Waals surface area contributed by atoms with E-state index < -0.39 is 48.3 Å². The molecule has 0 bridgehead atoms. The van der Waals surface area contributed by atoms with E-state index in [2.05, 4.69) is 9.97 Å². The normalized spacial score (nSPS) is 15.5. The van der Waals surface area contributed by atoms with Crippen molar-refractivity contribution in [3.63, 3.8) is 0 Å². The highest BCUT2D eigenvalue weighted by Crippen LogP contribution is 2.06. The summed E-state index contributed by atoms with van der Waals surface area (Å²) in [5.41, 5.74) is -2.87. The summed E-state index contributed by atoms with van der Waals surface area (Å²) in [5.74, 6) is 0. The third-order valence-corrected chi connectivity index (χ3v) is 3.35. The highest BCUT2D eigenvalue weighted by molar-refractivity contribution is 5.68. The first kappa shape index (κ1) is 17.0. The van der Waals surface area contributed by atoms with E-state index in [1.165, 1.54) is 6.92 Å². The van der Waals surface area contributed by atoms with E-state index in [-0.39, 0.29) is 16.9 Å². The molecule has 126 valence electrons. The van der Waals surface area contributed by atoms with Crippen LogP contribution in [0.1, 0.15) is 5.69 Å². The third kappa shape index (κ3) is 3.22. The Hall–Kier alpha value is -2.34. The summed E-state index contributed by atoms with van der Waals surface area (Å²) in [7, 11) is 0. The van der Waals surface area contributed by atoms with Crippen LogP contribution >= 0.6 is 0 Å². The molecule has 0 fully saturated rings. The Kier molecular flexibility index (Phi) is 4.75. The largest absolute Gasteiger partial charge is 0.394 e. The van der Waals surface area contributed by atoms with Gasteiger partial charge in [-0.3, -0.25) is 24.1 Å². The summed E-state index contributed by atoms with van der Waals surface area (Å²) in [6.45, 7) is 0.0181. The molecule has 2 aromatic heterocycles. The van der Waals surface area contributed by atoms with Crippen LogP contribution < -0.4 is 16.8 Å². The average molecular weight is 328 g/mol. The van der Waals surface area contributed by atoms with E-state index in [0.717, 1.165) is 4.57 Å². The Bertz CT molecular complexity index is 884. The Morgan fingerprint density at radius 1 is 1.13 bits per heavy atom. The van der Waals surface area contributed by atoms with E-state index in [1.807, 2.05) is 4.98 Å². The van der Waals surface area contributed by atoms with Crippen LogP contribution in [0.3, 0.4) is 0 Å². The van der Waals surface area contributed by atoms with Gasteiger partial charge in [-0.15, -0.1) is 0 Å². The van der Waals surface area contributed by atoms with Crippen molar-refractivity contribution in [2.75, 3.05) is 6.61 Å². The number of aromatic amines is 2. The number of fused-ring (bicyclic) bond motifs is 1. The fourth-order valence-corrected chi connectivity index (χ4v) is 2.11. The van der Waals surface area contributed by atoms with Gasteiger partial charge in [0, 0.05) is 0 Å². The maximum atomic E-state index is 12.2. The lowest BCUT2D eigenvalue weighted by Gasteiger charge is -2.22. The van der Waals surface area contributed by atoms with Gasteiger partial charge in [-0.2, -0.15) is 0 Å². The predicted octanol–water partition coefficient (Wildman–Crippen LogP) is -3.84. The predicted molar refractivity (Wildman–Crippen MR) is 77.1 cm³/mol. The lowest BCUT2D eigenvalue weighted by atomic mass is 10.1. The van der Waals surface area contributed by atoms with Gasteiger partial charge in [0.25, 0.3) is 11.1 Å². The van der Waals surface area contributed by atoms with Crippen molar-refractivity contribution in [1.82, 2.24) is 19.5 Å². The molecule has 2 heterocycles. The molecule has 2 aromatic rings. The molecule has 0 spiro atoms. The number of nitrogens with zero attached hydrogens (tertiary/aromatic N) is 2. The van der Waals surface area contributed by atoms with Crippen LogP contribution in [0.15, 0.2) is 14.4 Å². The molecule has 0 saturated heterocycles. The van der Waals surface area contributed by atoms with Crippen molar-refractivity contribution >= 4 is 11.2 Å². The van der Waals surface area contributed by atoms with E-state index >= 15 is 0 Å². The molecule has 0 aliphatic carbocycles. The molecular formula is C12H16N4O7. The number of rotatable bonds is 5. The van der Waals surface area contributed by atoms with Gasteiger partial charge in [0.15, 0.2) is 5.52 Å². The van der Waals surface area contributed by atoms with Gasteiger partial charge in [0.2, 0.25) is 0 Å². The Labute approximate surface area is 127 Å². The molecular weight excluding hydrogens is 312 g/mol. The number of hydrogen-bond donors (Lipinski definition) is 6. The van der Waals surface area contributed by atoms with Gasteiger partial charge in [-0.25, -0.2) is 9.78 Å². The fourth-order valence-electron chi connectivity index (χ4n) is 2.11. The van der Waals surface area contributed by atoms with Crippen molar-refractivity contribution in [2.24, 2.45) is 0 Å². The molecule has 0 unspecified atom stereocenters. The molecule has 0 saturated carbocycles. The number of aliphatic hydroxyl groups excluding tert-OH is 4. The van der Waals surface area contributed by atoms with Crippen LogP contribution in [0.4, 0.5) is 0 Å². The van der Waals surface area contributed by atoms with Crippen LogP contribution in [0.2, 0.25) is 0 Å². The van der Waals surface area contributed by atoms with Gasteiger partial charge in [0.05, 0.1) is 13.2 Å². The molecule has 0 radical (unpaired) electrons. The van der Waals surface area contributed by atoms with Crippen LogP contribution in [0, 0.1) is 6.92 Å². The highest BCUT2D eigenvalue weighted by Gasteiger charge is 2.26. The van der Waals surface area contributed by atoms with Gasteiger partial charge in [-0.1, -0.05) is 0 Å². The SMILES string of the molecule is Cc1nc2c(=O)[nH]c(=O)[nH]c2n(C[C@H](O)[C@H](O)[C@H](O)CO)c1=O. The first-order valence-corrected chi connectivity index (χ1v) is 6.65. The van der Waals surface area contributed by atoms with E-state index in [1.54, 1.807) is 0 Å². The second kappa shape index (κ2) is 6.42. The minimum atomic E-state index is -1.73. The van der Waals surface area contributed by atoms with Crippen molar-refractivity contribution < 1.29 is 20.4 Å². The summed E-state index contributed by atoms with van der Waals surface area (Å²) in [6.07, 6.45) is -4.98. The molecule has 0 aliphatic heterocycles. The molecule has 0 aromatic carbocycles. The van der Waals surface area contributed by atoms with Crippen molar-refractivity contribution in [3.05, 3.63) is 36.9 Å². The zero-order valence-corrected chi connectivity index (χ0v) is 12.1. The van der Waals surface area contributed by atoms with Crippen LogP contribution in [-0.2, 0) is 6.54 Å². The molecule has 11 nitrogen and oxygen atoms in total. The zero-order chi connectivity index (χ0) is 17.3. The van der Waals surface area contributed by atoms with Gasteiger partial charge in [0.1, 0.15) is 29.7 Å². The van der Waals surface area contributed by atoms with Crippen molar-refractivity contribution in [3.8, 4) is 0 Å². The molecule has 11 heteroatoms. The standard InChI is InChI=1S/C12H16N4O7/c1-4-11(22)16(2-5(18)8(20)6(19)3-17)9-7(13-4)10(21)15-12(23)14-9/h5-6,8,17-20H,2-3H2,1H3,(H2,14,15,21,23)/t5-,6+,8-/m0/s1. The van der Waals surface area contributed by atoms with Crippen LogP contribution in [-0.4, -0.2) is 64.9 Å². The summed E-state index contributed by atoms with van der Waals surface area (Å²) in [6, 6.07) is 0. The van der Waals surface area contributed by atoms with Gasteiger partial charge in [-0.05, 0) is 6.92 Å². The molecule has 2 rings (SSSR count). The van der Waals surface area contributed by atoms with Gasteiger partial charge >= 0.3 is 5.69 Å². The molecule has 0 aliphatic rings. The quantitative estimate of drug-likeness (QED) is 0.322. The second-order valence-corrected chi connectivity index (χ2v) is 5.03. The maximum absolute atomic E-state index is 12.2. The number of nitrogens with one attached hydrogen (secondary N) is 2. The number of aromatic nitrogens is 4. The smallest absolute Gasteiger partial charge is 0.327 e. The van der Waals surface area contributed by atoms with E-state index in [4.69, 9.17) is 5.11 Å². The monoisotopic (exact) mass is 328 g/mol. The third-order valence-electron chi connectivity index (χ3n) is 3.35. The number of aliphatic hydroxyl groups is 4. The topological polar surface area (TPSA) is 182 Å². The summed E-state index contributed by atoms with van der Waals surface area (Å²) < 4.78 is 0.867. The first-order valence-electron chi connectivity index (χ1n) is 6.65. The van der Waals surface area contributed by atoms with Crippen LogP contribution in [0.5, 0.6) is 0 Å². The molecule has 3 atom stereocenters. The second-order valence-electron chi connectivity index (χ2n) is 5.03. The molecule has 6 N–H and O–H groups in total. The molecule has 0 amide bonds. The summed E-state index contributed by atoms with van der Waals surface area (Å²) in [5, 5.41) is 37.7. The Morgan fingerprint density at radius 2 is 1.78 bits per heavy atom. The zero-order valence-electron chi connectivity index (χ0n) is 12.1. The summed E-state index contributed by atoms with van der Waals surface area (Å²) >= 11 is 0. The van der Waals surface area contributed by atoms with E-state index in [9.17, 15) is 29.7 Å². The number of hydrogen-bond acceptors (Lipinski definition) is 8. The maximum Gasteiger partial charge on any atom is 0.327 e. The van der Waals surface area contributed by atoms with Gasteiger partial charge < -0.3 is 20.4 Å². The van der Waals surface area contributed by atoms with Crippen molar-refractivity contribution in [1.29, 1.82) is 0 Å². The first-order chi connectivity index (χ1) is 10.8. The number of aryl methyl sites for hydroxylation is 1. The van der Waals surface area contributed by atoms with Crippen molar-refractivity contribution in [2.45, 2.75) is 31.8 Å². The Balaban J connectivity index is 2.60. The van der Waals surface area contributed by atoms with Crippen LogP contribution in [0.25, 0.3) is 11.2 Å². The highest BCUT2D eigenvalue weighted by atomic mass is 16.4. The minimum Gasteiger partial charge on any atom is -0.394 e.